The van der Waals surface area contributed by atoms with Gasteiger partial charge in [-0.15, -0.1) is 0 Å². The molecule has 14 heteroatoms. The van der Waals surface area contributed by atoms with Crippen molar-refractivity contribution in [2.24, 2.45) is 17.4 Å². The molecule has 3 rings (SSSR count). The summed E-state index contributed by atoms with van der Waals surface area (Å²) in [6.45, 7) is -0.490. The summed E-state index contributed by atoms with van der Waals surface area (Å²) in [7, 11) is 0.104. The SMILES string of the molecule is COC(=O)[C@H]1CCC[C@@H](N(C(=O)CNC(=O)[C@@H](N)Cc2ccc(O)cc2)[C@@H](Cc2ccccc2)C(=O)NC(=O)C(N)CCS(C)=O)C1. The van der Waals surface area contributed by atoms with Crippen LogP contribution in [0, 0.1) is 5.92 Å². The van der Waals surface area contributed by atoms with Gasteiger partial charge in [0.15, 0.2) is 0 Å². The summed E-state index contributed by atoms with van der Waals surface area (Å²) in [5, 5.41) is 14.4. The van der Waals surface area contributed by atoms with Gasteiger partial charge in [-0.2, -0.15) is 0 Å². The second-order valence-corrected chi connectivity index (χ2v) is 13.3. The highest BCUT2D eigenvalue weighted by molar-refractivity contribution is 7.84. The lowest BCUT2D eigenvalue weighted by Gasteiger charge is -2.41. The maximum Gasteiger partial charge on any atom is 0.308 e. The summed E-state index contributed by atoms with van der Waals surface area (Å²) in [5.74, 6) is -3.41. The summed E-state index contributed by atoms with van der Waals surface area (Å²) in [6, 6.07) is 11.3. The van der Waals surface area contributed by atoms with Crippen LogP contribution in [0.25, 0.3) is 0 Å². The van der Waals surface area contributed by atoms with Crippen LogP contribution in [0.15, 0.2) is 54.6 Å². The number of ether oxygens (including phenoxy) is 1. The summed E-state index contributed by atoms with van der Waals surface area (Å²) >= 11 is 0. The first kappa shape index (κ1) is 37.3. The summed E-state index contributed by atoms with van der Waals surface area (Å²) in [6.07, 6.45) is 3.59. The number of amides is 4. The highest BCUT2D eigenvalue weighted by Gasteiger charge is 2.40. The van der Waals surface area contributed by atoms with E-state index in [9.17, 15) is 33.3 Å². The fourth-order valence-corrected chi connectivity index (χ4v) is 6.26. The Bertz CT molecular complexity index is 1410. The Morgan fingerprint density at radius 1 is 0.936 bits per heavy atom. The number of nitrogens with two attached hydrogens (primary N) is 2. The van der Waals surface area contributed by atoms with Crippen LogP contribution < -0.4 is 22.1 Å². The molecule has 0 heterocycles. The molecule has 1 fully saturated rings. The van der Waals surface area contributed by atoms with Gasteiger partial charge >= 0.3 is 5.97 Å². The molecule has 0 aromatic heterocycles. The first-order valence-corrected chi connectivity index (χ1v) is 17.3. The molecule has 1 saturated carbocycles. The molecule has 6 atom stereocenters. The number of esters is 1. The van der Waals surface area contributed by atoms with Gasteiger partial charge in [-0.25, -0.2) is 0 Å². The lowest BCUT2D eigenvalue weighted by atomic mass is 9.83. The molecule has 256 valence electrons. The number of nitrogens with zero attached hydrogens (tertiary/aromatic N) is 1. The molecule has 1 aliphatic rings. The quantitative estimate of drug-likeness (QED) is 0.163. The van der Waals surface area contributed by atoms with E-state index in [2.05, 4.69) is 10.6 Å². The molecule has 0 radical (unpaired) electrons. The number of aromatic hydroxyl groups is 1. The molecule has 2 aromatic carbocycles. The Labute approximate surface area is 277 Å². The van der Waals surface area contributed by atoms with Crippen molar-refractivity contribution in [3.05, 3.63) is 65.7 Å². The fraction of sp³-hybridized carbons (Fsp3) is 0.485. The normalized spacial score (nSPS) is 18.6. The van der Waals surface area contributed by atoms with E-state index >= 15 is 0 Å². The second-order valence-electron chi connectivity index (χ2n) is 11.8. The lowest BCUT2D eigenvalue weighted by molar-refractivity contribution is -0.151. The molecule has 1 aliphatic carbocycles. The van der Waals surface area contributed by atoms with Crippen LogP contribution in [0.1, 0.15) is 43.2 Å². The first-order chi connectivity index (χ1) is 22.4. The van der Waals surface area contributed by atoms with Crippen molar-refractivity contribution in [1.82, 2.24) is 15.5 Å². The molecule has 2 aromatic rings. The van der Waals surface area contributed by atoms with Gasteiger partial charge in [-0.05, 0) is 55.4 Å². The Morgan fingerprint density at radius 2 is 1.60 bits per heavy atom. The van der Waals surface area contributed by atoms with Crippen molar-refractivity contribution >= 4 is 40.4 Å². The first-order valence-electron chi connectivity index (χ1n) is 15.5. The van der Waals surface area contributed by atoms with Gasteiger partial charge in [0.1, 0.15) is 11.8 Å². The number of nitrogens with one attached hydrogen (secondary N) is 2. The van der Waals surface area contributed by atoms with Gasteiger partial charge in [-0.3, -0.25) is 33.5 Å². The monoisotopic (exact) mass is 671 g/mol. The van der Waals surface area contributed by atoms with E-state index in [0.29, 0.717) is 30.4 Å². The van der Waals surface area contributed by atoms with E-state index in [1.54, 1.807) is 42.5 Å². The summed E-state index contributed by atoms with van der Waals surface area (Å²) in [4.78, 5) is 67.7. The number of phenols is 1. The van der Waals surface area contributed by atoms with Gasteiger partial charge in [0.2, 0.25) is 23.6 Å². The summed E-state index contributed by atoms with van der Waals surface area (Å²) in [5.41, 5.74) is 13.5. The molecule has 2 unspecified atom stereocenters. The second kappa shape index (κ2) is 18.3. The third-order valence-corrected chi connectivity index (χ3v) is 9.03. The Hall–Kier alpha value is -4.14. The minimum atomic E-state index is -1.20. The molecule has 7 N–H and O–H groups in total. The van der Waals surface area contributed by atoms with Crippen LogP contribution in [-0.4, -0.2) is 93.6 Å². The van der Waals surface area contributed by atoms with Crippen molar-refractivity contribution in [2.45, 2.75) is 69.1 Å². The fourth-order valence-electron chi connectivity index (χ4n) is 5.67. The van der Waals surface area contributed by atoms with Crippen LogP contribution in [-0.2, 0) is 52.4 Å². The number of imide groups is 1. The van der Waals surface area contributed by atoms with Gasteiger partial charge < -0.3 is 31.5 Å². The van der Waals surface area contributed by atoms with Crippen LogP contribution in [0.4, 0.5) is 0 Å². The number of benzene rings is 2. The molecule has 0 spiro atoms. The Balaban J connectivity index is 1.88. The zero-order valence-electron chi connectivity index (χ0n) is 26.8. The van der Waals surface area contributed by atoms with E-state index in [0.717, 1.165) is 0 Å². The van der Waals surface area contributed by atoms with E-state index in [-0.39, 0.29) is 37.2 Å². The maximum absolute atomic E-state index is 14.0. The van der Waals surface area contributed by atoms with Gasteiger partial charge in [0.05, 0.1) is 31.7 Å². The van der Waals surface area contributed by atoms with E-state index in [1.807, 2.05) is 0 Å². The van der Waals surface area contributed by atoms with Crippen molar-refractivity contribution < 1.29 is 38.0 Å². The number of hydrogen-bond donors (Lipinski definition) is 5. The molecule has 0 aliphatic heterocycles. The smallest absolute Gasteiger partial charge is 0.308 e. The molecule has 0 bridgehead atoms. The number of carbonyl (C=O) groups is 5. The van der Waals surface area contributed by atoms with Crippen molar-refractivity contribution in [3.8, 4) is 5.75 Å². The molecular formula is C33H45N5O8S. The van der Waals surface area contributed by atoms with Gasteiger partial charge in [0, 0.05) is 35.3 Å². The Kier molecular flexibility index (Phi) is 14.5. The molecule has 13 nitrogen and oxygen atoms in total. The van der Waals surface area contributed by atoms with E-state index in [4.69, 9.17) is 16.2 Å². The van der Waals surface area contributed by atoms with Crippen molar-refractivity contribution in [3.63, 3.8) is 0 Å². The van der Waals surface area contributed by atoms with Crippen molar-refractivity contribution in [1.29, 1.82) is 0 Å². The summed E-state index contributed by atoms with van der Waals surface area (Å²) < 4.78 is 16.5. The van der Waals surface area contributed by atoms with Crippen LogP contribution in [0.3, 0.4) is 0 Å². The van der Waals surface area contributed by atoms with E-state index in [1.165, 1.54) is 30.4 Å². The highest BCUT2D eigenvalue weighted by atomic mass is 32.2. The number of carbonyl (C=O) groups excluding carboxylic acids is 5. The zero-order chi connectivity index (χ0) is 34.5. The standard InChI is InChI=1S/C33H45N5O8S/c1-46-33(44)23-9-6-10-24(19-23)38(29(40)20-36-30(41)27(35)17-22-11-13-25(39)14-12-22)28(18-21-7-4-3-5-8-21)32(43)37-31(42)26(34)15-16-47(2)45/h3-5,7-8,11-14,23-24,26-28,39H,6,9-10,15-20,34-35H2,1-2H3,(H,36,41)(H,37,42,43)/t23-,24+,26?,27-,28-,47?/m0/s1. The number of methoxy groups -OCH3 is 1. The number of phenolic OH excluding ortho intramolecular Hbond substituents is 1. The zero-order valence-corrected chi connectivity index (χ0v) is 27.6. The number of hydrogen-bond acceptors (Lipinski definition) is 10. The third-order valence-electron chi connectivity index (χ3n) is 8.21. The van der Waals surface area contributed by atoms with Gasteiger partial charge in [-0.1, -0.05) is 48.9 Å². The largest absolute Gasteiger partial charge is 0.508 e. The Morgan fingerprint density at radius 3 is 2.23 bits per heavy atom. The minimum absolute atomic E-state index is 0.0353. The molecule has 4 amide bonds. The molecule has 0 saturated heterocycles. The predicted molar refractivity (Wildman–Crippen MR) is 176 cm³/mol. The van der Waals surface area contributed by atoms with Gasteiger partial charge in [0.25, 0.3) is 0 Å². The van der Waals surface area contributed by atoms with Crippen LogP contribution in [0.5, 0.6) is 5.75 Å². The number of rotatable bonds is 15. The van der Waals surface area contributed by atoms with E-state index < -0.39 is 77.0 Å². The minimum Gasteiger partial charge on any atom is -0.508 e. The highest BCUT2D eigenvalue weighted by Crippen LogP contribution is 2.31. The van der Waals surface area contributed by atoms with Crippen LogP contribution in [0.2, 0.25) is 0 Å². The average Bonchev–Trinajstić information content (AvgIpc) is 3.06. The predicted octanol–water partition coefficient (Wildman–Crippen LogP) is 0.289. The van der Waals surface area contributed by atoms with Crippen molar-refractivity contribution in [2.75, 3.05) is 25.7 Å². The molecule has 47 heavy (non-hydrogen) atoms. The topological polar surface area (TPSA) is 211 Å². The third kappa shape index (κ3) is 11.6. The van der Waals surface area contributed by atoms with Crippen LogP contribution >= 0.6 is 0 Å². The maximum atomic E-state index is 14.0. The lowest BCUT2D eigenvalue weighted by Crippen LogP contribution is -2.60. The molecular weight excluding hydrogens is 626 g/mol. The average molecular weight is 672 g/mol.